The van der Waals surface area contributed by atoms with Crippen LogP contribution < -0.4 is 21.7 Å². The van der Waals surface area contributed by atoms with Crippen LogP contribution in [0.25, 0.3) is 0 Å². The van der Waals surface area contributed by atoms with Gasteiger partial charge in [0, 0.05) is 37.1 Å². The Labute approximate surface area is 271 Å². The topological polar surface area (TPSA) is 157 Å². The minimum absolute atomic E-state index is 0.0209. The van der Waals surface area contributed by atoms with Crippen molar-refractivity contribution in [3.05, 3.63) is 81.6 Å². The first kappa shape index (κ1) is 32.8. The van der Waals surface area contributed by atoms with Gasteiger partial charge in [-0.1, -0.05) is 84.4 Å². The van der Waals surface area contributed by atoms with Gasteiger partial charge in [-0.05, 0) is 37.1 Å². The molecule has 0 spiro atoms. The fourth-order valence-electron chi connectivity index (χ4n) is 3.95. The van der Waals surface area contributed by atoms with E-state index in [-0.39, 0.29) is 57.2 Å². The van der Waals surface area contributed by atoms with E-state index in [0.717, 1.165) is 23.5 Å². The van der Waals surface area contributed by atoms with Gasteiger partial charge in [-0.3, -0.25) is 60.3 Å². The van der Waals surface area contributed by atoms with Crippen molar-refractivity contribution in [3.8, 4) is 0 Å². The Hall–Kier alpha value is -4.12. The zero-order chi connectivity index (χ0) is 31.6. The van der Waals surface area contributed by atoms with Crippen LogP contribution in [0.1, 0.15) is 46.4 Å². The molecular weight excluding hydrogens is 645 g/mol. The summed E-state index contributed by atoms with van der Waals surface area (Å²) in [5.41, 5.74) is 10.1. The van der Waals surface area contributed by atoms with Gasteiger partial charge in [-0.25, -0.2) is 0 Å². The van der Waals surface area contributed by atoms with Crippen molar-refractivity contribution in [2.24, 2.45) is 0 Å². The molecule has 6 amide bonds. The van der Waals surface area contributed by atoms with E-state index in [2.05, 4.69) is 21.7 Å². The standard InChI is InChI=1S/C28H26N6O6S4/c35-19(29-31-23(37)17-9-3-1-4-10-17)13-7-15-33-25(39)21(43-27(33)41)22-26(40)34(28(42)44-22)16-8-14-20(36)30-32-24(38)18-11-5-2-6-12-18/h1-6,9-12H,7-8,13-16H2,(H,29,35)(H,30,36)(H,31,37)(H,32,38). The Morgan fingerprint density at radius 2 is 0.955 bits per heavy atom. The lowest BCUT2D eigenvalue weighted by Crippen LogP contribution is -2.42. The molecule has 2 aliphatic rings. The second-order valence-electron chi connectivity index (χ2n) is 9.25. The van der Waals surface area contributed by atoms with Crippen molar-refractivity contribution in [3.63, 3.8) is 0 Å². The zero-order valence-corrected chi connectivity index (χ0v) is 26.3. The molecule has 12 nitrogen and oxygen atoms in total. The number of nitrogens with one attached hydrogen (secondary N) is 4. The summed E-state index contributed by atoms with van der Waals surface area (Å²) in [5.74, 6) is -2.69. The van der Waals surface area contributed by atoms with Gasteiger partial charge in [0.1, 0.15) is 8.64 Å². The van der Waals surface area contributed by atoms with Crippen LogP contribution in [0.4, 0.5) is 0 Å². The third-order valence-electron chi connectivity index (χ3n) is 6.18. The van der Waals surface area contributed by atoms with Gasteiger partial charge in [-0.15, -0.1) is 0 Å². The minimum Gasteiger partial charge on any atom is -0.293 e. The molecule has 2 aliphatic heterocycles. The van der Waals surface area contributed by atoms with Gasteiger partial charge in [0.05, 0.1) is 9.81 Å². The van der Waals surface area contributed by atoms with Gasteiger partial charge in [0.2, 0.25) is 11.8 Å². The zero-order valence-electron chi connectivity index (χ0n) is 23.0. The predicted octanol–water partition coefficient (Wildman–Crippen LogP) is 2.40. The van der Waals surface area contributed by atoms with Crippen LogP contribution in [0, 0.1) is 0 Å². The number of thioether (sulfide) groups is 2. The Morgan fingerprint density at radius 1 is 0.591 bits per heavy atom. The quantitative estimate of drug-likeness (QED) is 0.168. The molecule has 2 heterocycles. The van der Waals surface area contributed by atoms with Crippen LogP contribution in [0.2, 0.25) is 0 Å². The Kier molecular flexibility index (Phi) is 11.6. The molecule has 0 radical (unpaired) electrons. The van der Waals surface area contributed by atoms with Crippen molar-refractivity contribution in [1.29, 1.82) is 0 Å². The van der Waals surface area contributed by atoms with Gasteiger partial charge in [-0.2, -0.15) is 0 Å². The summed E-state index contributed by atoms with van der Waals surface area (Å²) >= 11 is 12.7. The van der Waals surface area contributed by atoms with E-state index in [1.54, 1.807) is 60.7 Å². The van der Waals surface area contributed by atoms with E-state index in [1.807, 2.05) is 0 Å². The van der Waals surface area contributed by atoms with E-state index in [4.69, 9.17) is 24.4 Å². The minimum atomic E-state index is -0.455. The number of thiocarbonyl (C=S) groups is 2. The first-order valence-corrected chi connectivity index (χ1v) is 15.7. The molecule has 16 heteroatoms. The molecule has 44 heavy (non-hydrogen) atoms. The summed E-state index contributed by atoms with van der Waals surface area (Å²) in [7, 11) is 0. The van der Waals surface area contributed by atoms with Crippen LogP contribution in [-0.4, -0.2) is 67.0 Å². The highest BCUT2D eigenvalue weighted by atomic mass is 32.2. The predicted molar refractivity (Wildman–Crippen MR) is 173 cm³/mol. The summed E-state index contributed by atoms with van der Waals surface area (Å²) in [5, 5.41) is 0. The Balaban J connectivity index is 1.21. The fraction of sp³-hybridized carbons (Fsp3) is 0.214. The lowest BCUT2D eigenvalue weighted by atomic mass is 10.2. The lowest BCUT2D eigenvalue weighted by molar-refractivity contribution is -0.125. The number of amides is 6. The number of hydrogen-bond donors (Lipinski definition) is 4. The van der Waals surface area contributed by atoms with E-state index in [1.165, 1.54) is 9.80 Å². The maximum absolute atomic E-state index is 13.1. The molecule has 0 saturated carbocycles. The molecule has 2 aromatic rings. The maximum Gasteiger partial charge on any atom is 0.269 e. The highest BCUT2D eigenvalue weighted by Gasteiger charge is 2.41. The molecule has 0 aliphatic carbocycles. The molecule has 0 unspecified atom stereocenters. The van der Waals surface area contributed by atoms with Crippen molar-refractivity contribution < 1.29 is 28.8 Å². The van der Waals surface area contributed by atoms with E-state index < -0.39 is 35.4 Å². The molecular formula is C28H26N6O6S4. The van der Waals surface area contributed by atoms with E-state index in [9.17, 15) is 28.8 Å². The smallest absolute Gasteiger partial charge is 0.269 e. The number of carbonyl (C=O) groups is 6. The first-order valence-electron chi connectivity index (χ1n) is 13.3. The normalized spacial score (nSPS) is 16.3. The van der Waals surface area contributed by atoms with Gasteiger partial charge < -0.3 is 0 Å². The molecule has 4 rings (SSSR count). The van der Waals surface area contributed by atoms with Crippen molar-refractivity contribution in [2.45, 2.75) is 25.7 Å². The van der Waals surface area contributed by atoms with Crippen LogP contribution in [0.3, 0.4) is 0 Å². The Morgan fingerprint density at radius 3 is 1.32 bits per heavy atom. The second kappa shape index (κ2) is 15.6. The molecule has 0 aromatic heterocycles. The molecule has 4 N–H and O–H groups in total. The van der Waals surface area contributed by atoms with E-state index in [0.29, 0.717) is 11.1 Å². The molecule has 0 atom stereocenters. The number of rotatable bonds is 10. The first-order chi connectivity index (χ1) is 21.2. The highest BCUT2D eigenvalue weighted by Crippen LogP contribution is 2.42. The van der Waals surface area contributed by atoms with Crippen LogP contribution in [0.5, 0.6) is 0 Å². The highest BCUT2D eigenvalue weighted by molar-refractivity contribution is 8.29. The van der Waals surface area contributed by atoms with Gasteiger partial charge in [0.25, 0.3) is 23.6 Å². The maximum atomic E-state index is 13.1. The van der Waals surface area contributed by atoms with E-state index >= 15 is 0 Å². The molecule has 0 bridgehead atoms. The summed E-state index contributed by atoms with van der Waals surface area (Å²) in [6, 6.07) is 16.8. The third kappa shape index (κ3) is 8.49. The number of benzene rings is 2. The monoisotopic (exact) mass is 670 g/mol. The average molecular weight is 671 g/mol. The van der Waals surface area contributed by atoms with Crippen molar-refractivity contribution >= 4 is 92.0 Å². The SMILES string of the molecule is O=C(CCCN1C(=O)C(=C2SC(=S)N(CCCC(=O)NNC(=O)c3ccccc3)C2=O)SC1=S)NNC(=O)c1ccccc1. The third-order valence-corrected chi connectivity index (χ3v) is 9.20. The number of hydrazine groups is 2. The summed E-state index contributed by atoms with van der Waals surface area (Å²) in [4.78, 5) is 77.7. The molecule has 2 fully saturated rings. The second-order valence-corrected chi connectivity index (χ2v) is 12.5. The van der Waals surface area contributed by atoms with Crippen LogP contribution in [-0.2, 0) is 19.2 Å². The fourth-order valence-corrected chi connectivity index (χ4v) is 6.72. The number of hydrogen-bond acceptors (Lipinski definition) is 10. The molecule has 2 saturated heterocycles. The number of carbonyl (C=O) groups excluding carboxylic acids is 6. The molecule has 228 valence electrons. The van der Waals surface area contributed by atoms with Crippen LogP contribution >= 0.6 is 48.0 Å². The number of nitrogens with zero attached hydrogens (tertiary/aromatic N) is 2. The summed E-state index contributed by atoms with van der Waals surface area (Å²) < 4.78 is 0.504. The van der Waals surface area contributed by atoms with Gasteiger partial charge in [0.15, 0.2) is 0 Å². The summed E-state index contributed by atoms with van der Waals surface area (Å²) in [6.07, 6.45) is 0.573. The van der Waals surface area contributed by atoms with Crippen molar-refractivity contribution in [2.75, 3.05) is 13.1 Å². The summed E-state index contributed by atoms with van der Waals surface area (Å²) in [6.45, 7) is 0.287. The average Bonchev–Trinajstić information content (AvgIpc) is 3.47. The molecule has 2 aromatic carbocycles. The Bertz CT molecular complexity index is 1420. The van der Waals surface area contributed by atoms with Crippen LogP contribution in [0.15, 0.2) is 70.5 Å². The van der Waals surface area contributed by atoms with Gasteiger partial charge >= 0.3 is 0 Å². The largest absolute Gasteiger partial charge is 0.293 e. The van der Waals surface area contributed by atoms with Crippen molar-refractivity contribution in [1.82, 2.24) is 31.5 Å². The lowest BCUT2D eigenvalue weighted by Gasteiger charge is -2.15.